The highest BCUT2D eigenvalue weighted by Gasteiger charge is 2.28. The molecule has 2 aliphatic rings. The van der Waals surface area contributed by atoms with Gasteiger partial charge in [-0.3, -0.25) is 9.30 Å². The van der Waals surface area contributed by atoms with Crippen LogP contribution in [0.25, 0.3) is 5.65 Å². The largest absolute Gasteiger partial charge is 0.484 e. The average Bonchev–Trinajstić information content (AvgIpc) is 3.29. The third-order valence-electron chi connectivity index (χ3n) is 6.23. The Bertz CT molecular complexity index is 966. The maximum Gasteiger partial charge on any atom is 0.161 e. The van der Waals surface area contributed by atoms with Crippen LogP contribution in [0, 0.1) is 0 Å². The van der Waals surface area contributed by atoms with Crippen molar-refractivity contribution < 1.29 is 4.74 Å². The van der Waals surface area contributed by atoms with E-state index in [0.29, 0.717) is 12.0 Å². The molecule has 1 aliphatic carbocycles. The lowest BCUT2D eigenvalue weighted by Crippen LogP contribution is -2.20. The van der Waals surface area contributed by atoms with Gasteiger partial charge in [-0.05, 0) is 68.5 Å². The number of nitrogens with zero attached hydrogens (tertiary/aromatic N) is 4. The minimum Gasteiger partial charge on any atom is -0.484 e. The number of likely N-dealkylation sites (tertiary alicyclic amines) is 1. The number of ether oxygens (including phenoxy) is 1. The minimum absolute atomic E-state index is 0.115. The number of benzene rings is 1. The van der Waals surface area contributed by atoms with E-state index in [4.69, 9.17) is 4.74 Å². The van der Waals surface area contributed by atoms with Crippen LogP contribution in [0.1, 0.15) is 67.6 Å². The van der Waals surface area contributed by atoms with Crippen LogP contribution >= 0.6 is 0 Å². The van der Waals surface area contributed by atoms with E-state index in [1.807, 2.05) is 12.1 Å². The Labute approximate surface area is 160 Å². The topological polar surface area (TPSA) is 42.7 Å². The molecule has 5 heteroatoms. The number of hydrogen-bond donors (Lipinski definition) is 0. The van der Waals surface area contributed by atoms with Crippen molar-refractivity contribution in [3.8, 4) is 5.75 Å². The first-order chi connectivity index (χ1) is 13.2. The molecule has 0 spiro atoms. The molecule has 0 bridgehead atoms. The van der Waals surface area contributed by atoms with Crippen molar-refractivity contribution in [3.05, 3.63) is 59.5 Å². The molecule has 3 aromatic rings. The summed E-state index contributed by atoms with van der Waals surface area (Å²) >= 11 is 0. The van der Waals surface area contributed by atoms with Gasteiger partial charge < -0.3 is 4.74 Å². The van der Waals surface area contributed by atoms with Gasteiger partial charge in [-0.1, -0.05) is 31.2 Å². The Morgan fingerprint density at radius 2 is 1.85 bits per heavy atom. The molecule has 2 aromatic heterocycles. The number of pyridine rings is 1. The van der Waals surface area contributed by atoms with Crippen molar-refractivity contribution in [3.63, 3.8) is 0 Å². The molecule has 0 radical (unpaired) electrons. The van der Waals surface area contributed by atoms with Gasteiger partial charge in [0.25, 0.3) is 0 Å². The van der Waals surface area contributed by atoms with Crippen LogP contribution in [-0.2, 0) is 0 Å². The van der Waals surface area contributed by atoms with E-state index in [1.165, 1.54) is 17.5 Å². The predicted octanol–water partition coefficient (Wildman–Crippen LogP) is 4.51. The first kappa shape index (κ1) is 16.8. The summed E-state index contributed by atoms with van der Waals surface area (Å²) in [5, 5.41) is 8.84. The molecule has 0 N–H and O–H groups in total. The monoisotopic (exact) mass is 362 g/mol. The lowest BCUT2D eigenvalue weighted by Gasteiger charge is -2.30. The maximum atomic E-state index is 6.46. The van der Waals surface area contributed by atoms with Crippen LogP contribution in [0.3, 0.4) is 0 Å². The van der Waals surface area contributed by atoms with E-state index >= 15 is 0 Å². The Morgan fingerprint density at radius 1 is 1.00 bits per heavy atom. The van der Waals surface area contributed by atoms with Crippen molar-refractivity contribution in [1.29, 1.82) is 0 Å². The van der Waals surface area contributed by atoms with Gasteiger partial charge in [0.1, 0.15) is 11.9 Å². The first-order valence-electron chi connectivity index (χ1n) is 10.0. The molecule has 27 heavy (non-hydrogen) atoms. The lowest BCUT2D eigenvalue weighted by atomic mass is 9.82. The zero-order valence-electron chi connectivity index (χ0n) is 16.0. The van der Waals surface area contributed by atoms with Crippen LogP contribution in [0.2, 0.25) is 0 Å². The number of hydrogen-bond acceptors (Lipinski definition) is 4. The molecule has 0 saturated carbocycles. The fraction of sp³-hybridized carbons (Fsp3) is 0.455. The summed E-state index contributed by atoms with van der Waals surface area (Å²) in [6, 6.07) is 13.1. The summed E-state index contributed by atoms with van der Waals surface area (Å²) in [6.07, 6.45) is 6.74. The Balaban J connectivity index is 1.47. The third-order valence-corrected chi connectivity index (χ3v) is 6.23. The van der Waals surface area contributed by atoms with E-state index in [0.717, 1.165) is 43.0 Å². The van der Waals surface area contributed by atoms with Crippen LogP contribution in [0.4, 0.5) is 0 Å². The van der Waals surface area contributed by atoms with Gasteiger partial charge in [0.15, 0.2) is 11.5 Å². The summed E-state index contributed by atoms with van der Waals surface area (Å²) < 4.78 is 8.57. The third kappa shape index (κ3) is 2.90. The second kappa shape index (κ2) is 6.64. The van der Waals surface area contributed by atoms with Crippen molar-refractivity contribution >= 4 is 5.65 Å². The van der Waals surface area contributed by atoms with Gasteiger partial charge in [-0.15, -0.1) is 10.2 Å². The fourth-order valence-electron chi connectivity index (χ4n) is 4.67. The number of aromatic nitrogens is 3. The summed E-state index contributed by atoms with van der Waals surface area (Å²) in [4.78, 5) is 2.36. The first-order valence-corrected chi connectivity index (χ1v) is 10.0. The molecule has 3 atom stereocenters. The van der Waals surface area contributed by atoms with Crippen molar-refractivity contribution in [2.75, 3.05) is 13.6 Å². The summed E-state index contributed by atoms with van der Waals surface area (Å²) in [5.74, 6) is 2.51. The van der Waals surface area contributed by atoms with Gasteiger partial charge in [0, 0.05) is 0 Å². The SMILES string of the molecule is CC1CCC(Oc2ccc3nnc([C@@H]4CCCN4C)n3c2)c2ccccc21. The molecule has 5 rings (SSSR count). The van der Waals surface area contributed by atoms with Gasteiger partial charge in [0.05, 0.1) is 12.2 Å². The highest BCUT2D eigenvalue weighted by Crippen LogP contribution is 2.39. The highest BCUT2D eigenvalue weighted by atomic mass is 16.5. The molecule has 1 fully saturated rings. The molecule has 1 saturated heterocycles. The molecule has 2 unspecified atom stereocenters. The molecule has 0 amide bonds. The summed E-state index contributed by atoms with van der Waals surface area (Å²) in [6.45, 7) is 3.43. The normalized spacial score (nSPS) is 25.6. The van der Waals surface area contributed by atoms with E-state index in [-0.39, 0.29) is 6.10 Å². The van der Waals surface area contributed by atoms with Gasteiger partial charge >= 0.3 is 0 Å². The molecule has 3 heterocycles. The van der Waals surface area contributed by atoms with Crippen molar-refractivity contribution in [2.24, 2.45) is 0 Å². The summed E-state index contributed by atoms with van der Waals surface area (Å²) in [5.41, 5.74) is 3.64. The van der Waals surface area contributed by atoms with Crippen LogP contribution in [0.15, 0.2) is 42.6 Å². The van der Waals surface area contributed by atoms with Gasteiger partial charge in [0.2, 0.25) is 0 Å². The molecule has 5 nitrogen and oxygen atoms in total. The standard InChI is InChI=1S/C22H26N4O/c1-15-9-11-20(18-7-4-3-6-17(15)18)27-16-10-12-21-23-24-22(26(21)14-16)19-8-5-13-25(19)2/h3-4,6-7,10,12,14-15,19-20H,5,8-9,11,13H2,1-2H3/t15?,19-,20?/m0/s1. The van der Waals surface area contributed by atoms with E-state index in [1.54, 1.807) is 0 Å². The maximum absolute atomic E-state index is 6.46. The van der Waals surface area contributed by atoms with Crippen LogP contribution in [0.5, 0.6) is 5.75 Å². The summed E-state index contributed by atoms with van der Waals surface area (Å²) in [7, 11) is 2.17. The van der Waals surface area contributed by atoms with Gasteiger partial charge in [-0.25, -0.2) is 0 Å². The van der Waals surface area contributed by atoms with Crippen molar-refractivity contribution in [1.82, 2.24) is 19.5 Å². The molecule has 1 aliphatic heterocycles. The predicted molar refractivity (Wildman–Crippen MR) is 105 cm³/mol. The highest BCUT2D eigenvalue weighted by molar-refractivity contribution is 5.42. The number of fused-ring (bicyclic) bond motifs is 2. The molecule has 1 aromatic carbocycles. The second-order valence-corrected chi connectivity index (χ2v) is 8.00. The Kier molecular flexibility index (Phi) is 4.12. The molecular weight excluding hydrogens is 336 g/mol. The van der Waals surface area contributed by atoms with Gasteiger partial charge in [-0.2, -0.15) is 0 Å². The zero-order chi connectivity index (χ0) is 18.4. The van der Waals surface area contributed by atoms with Crippen LogP contribution in [-0.4, -0.2) is 33.1 Å². The lowest BCUT2D eigenvalue weighted by molar-refractivity contribution is 0.177. The van der Waals surface area contributed by atoms with E-state index in [9.17, 15) is 0 Å². The smallest absolute Gasteiger partial charge is 0.161 e. The average molecular weight is 362 g/mol. The Morgan fingerprint density at radius 3 is 2.67 bits per heavy atom. The van der Waals surface area contributed by atoms with E-state index in [2.05, 4.69) is 63.9 Å². The number of rotatable bonds is 3. The Hall–Kier alpha value is -2.40. The molecule has 140 valence electrons. The zero-order valence-corrected chi connectivity index (χ0v) is 16.0. The molecular formula is C22H26N4O. The minimum atomic E-state index is 0.115. The van der Waals surface area contributed by atoms with Crippen LogP contribution < -0.4 is 4.74 Å². The van der Waals surface area contributed by atoms with E-state index < -0.39 is 0 Å². The van der Waals surface area contributed by atoms with Crippen molar-refractivity contribution in [2.45, 2.75) is 50.7 Å². The quantitative estimate of drug-likeness (QED) is 0.687. The second-order valence-electron chi connectivity index (χ2n) is 8.00. The fourth-order valence-corrected chi connectivity index (χ4v) is 4.67.